The summed E-state index contributed by atoms with van der Waals surface area (Å²) in [5.41, 5.74) is 2.30. The molecule has 118 valence electrons. The van der Waals surface area contributed by atoms with Gasteiger partial charge in [0.1, 0.15) is 5.54 Å². The van der Waals surface area contributed by atoms with Gasteiger partial charge in [-0.25, -0.2) is 0 Å². The van der Waals surface area contributed by atoms with Crippen LogP contribution in [0.25, 0.3) is 0 Å². The number of hydrogen-bond donors (Lipinski definition) is 0. The molecule has 2 aromatic rings. The highest BCUT2D eigenvalue weighted by Crippen LogP contribution is 2.51. The van der Waals surface area contributed by atoms with E-state index in [0.717, 1.165) is 0 Å². The lowest BCUT2D eigenvalue weighted by atomic mass is 9.68. The van der Waals surface area contributed by atoms with Crippen LogP contribution in [0.5, 0.6) is 0 Å². The van der Waals surface area contributed by atoms with Crippen molar-refractivity contribution in [1.82, 2.24) is 0 Å². The van der Waals surface area contributed by atoms with Gasteiger partial charge in [-0.05, 0) is 24.0 Å². The maximum Gasteiger partial charge on any atom is 0.136 e. The molecule has 0 amide bonds. The third-order valence-electron chi connectivity index (χ3n) is 5.56. The molecule has 2 aliphatic rings. The fourth-order valence-corrected chi connectivity index (χ4v) is 4.42. The van der Waals surface area contributed by atoms with Crippen LogP contribution in [0.1, 0.15) is 49.7 Å². The van der Waals surface area contributed by atoms with Crippen LogP contribution in [0.15, 0.2) is 70.9 Å². The molecule has 1 fully saturated rings. The van der Waals surface area contributed by atoms with Crippen LogP contribution < -0.4 is 0 Å². The molecule has 1 aliphatic heterocycles. The molecule has 0 spiro atoms. The summed E-state index contributed by atoms with van der Waals surface area (Å²) in [6.45, 7) is 0. The highest BCUT2D eigenvalue weighted by molar-refractivity contribution is 5.41. The van der Waals surface area contributed by atoms with E-state index in [1.807, 2.05) is 0 Å². The molecular formula is C21H24N2. The van der Waals surface area contributed by atoms with Crippen LogP contribution in [-0.2, 0) is 5.54 Å². The average Bonchev–Trinajstić information content (AvgIpc) is 2.95. The molecule has 2 heteroatoms. The van der Waals surface area contributed by atoms with Gasteiger partial charge in [0.05, 0.1) is 6.04 Å². The zero-order valence-electron chi connectivity index (χ0n) is 13.6. The molecular weight excluding hydrogens is 280 g/mol. The molecule has 2 aromatic carbocycles. The molecule has 0 unspecified atom stereocenters. The molecule has 0 bridgehead atoms. The molecule has 0 N–H and O–H groups in total. The fraction of sp³-hybridized carbons (Fsp3) is 0.429. The summed E-state index contributed by atoms with van der Waals surface area (Å²) >= 11 is 0. The second-order valence-electron chi connectivity index (χ2n) is 6.88. The Morgan fingerprint density at radius 1 is 0.696 bits per heavy atom. The minimum absolute atomic E-state index is 0.287. The normalized spacial score (nSPS) is 26.3. The second kappa shape index (κ2) is 6.27. The first kappa shape index (κ1) is 14.6. The van der Waals surface area contributed by atoms with Gasteiger partial charge in [-0.3, -0.25) is 0 Å². The Kier molecular flexibility index (Phi) is 3.99. The van der Waals surface area contributed by atoms with Gasteiger partial charge >= 0.3 is 0 Å². The third kappa shape index (κ3) is 2.50. The maximum absolute atomic E-state index is 4.96. The summed E-state index contributed by atoms with van der Waals surface area (Å²) < 4.78 is 0. The topological polar surface area (TPSA) is 24.7 Å². The highest BCUT2D eigenvalue weighted by Gasteiger charge is 2.49. The standard InChI is InChI=1S/C21H24N2/c1-2-10-16-20-19(15-9-1)21(23-22-20,17-11-5-3-6-12-17)18-13-7-4-8-14-18/h3-8,11-14,19-20H,1-2,9-10,15-16H2/t19-,20-/m0/s1. The van der Waals surface area contributed by atoms with E-state index in [1.165, 1.54) is 49.7 Å². The van der Waals surface area contributed by atoms with Gasteiger partial charge in [-0.1, -0.05) is 86.3 Å². The monoisotopic (exact) mass is 304 g/mol. The lowest BCUT2D eigenvalue weighted by Gasteiger charge is -2.36. The molecule has 0 saturated heterocycles. The van der Waals surface area contributed by atoms with Crippen LogP contribution in [-0.4, -0.2) is 6.04 Å². The van der Waals surface area contributed by atoms with Crippen molar-refractivity contribution < 1.29 is 0 Å². The Morgan fingerprint density at radius 3 is 1.87 bits per heavy atom. The zero-order valence-corrected chi connectivity index (χ0v) is 13.6. The molecule has 0 aromatic heterocycles. The van der Waals surface area contributed by atoms with Gasteiger partial charge in [-0.15, -0.1) is 0 Å². The van der Waals surface area contributed by atoms with Crippen LogP contribution in [0.3, 0.4) is 0 Å². The number of hydrogen-bond acceptors (Lipinski definition) is 2. The SMILES string of the molecule is c1ccc(C2(c3ccccc3)N=N[C@H]3CCCCCC[C@@H]32)cc1. The summed E-state index contributed by atoms with van der Waals surface area (Å²) in [6, 6.07) is 22.0. The number of fused-ring (bicyclic) bond motifs is 1. The molecule has 1 aliphatic carbocycles. The first-order valence-corrected chi connectivity index (χ1v) is 8.94. The van der Waals surface area contributed by atoms with E-state index >= 15 is 0 Å². The van der Waals surface area contributed by atoms with Gasteiger partial charge in [-0.2, -0.15) is 10.2 Å². The highest BCUT2D eigenvalue weighted by atomic mass is 15.2. The number of nitrogens with zero attached hydrogens (tertiary/aromatic N) is 2. The minimum Gasteiger partial charge on any atom is -0.189 e. The summed E-state index contributed by atoms with van der Waals surface area (Å²) in [6.07, 6.45) is 7.70. The molecule has 23 heavy (non-hydrogen) atoms. The van der Waals surface area contributed by atoms with E-state index in [-0.39, 0.29) is 5.54 Å². The molecule has 2 atom stereocenters. The summed E-state index contributed by atoms with van der Waals surface area (Å²) in [5, 5.41) is 9.75. The smallest absolute Gasteiger partial charge is 0.136 e. The van der Waals surface area contributed by atoms with E-state index < -0.39 is 0 Å². The fourth-order valence-electron chi connectivity index (χ4n) is 4.42. The van der Waals surface area contributed by atoms with Gasteiger partial charge in [0.15, 0.2) is 0 Å². The van der Waals surface area contributed by atoms with E-state index in [9.17, 15) is 0 Å². The Balaban J connectivity index is 1.85. The number of benzene rings is 2. The van der Waals surface area contributed by atoms with Crippen LogP contribution in [0.2, 0.25) is 0 Å². The van der Waals surface area contributed by atoms with Gasteiger partial charge in [0, 0.05) is 5.92 Å². The van der Waals surface area contributed by atoms with E-state index in [4.69, 9.17) is 10.2 Å². The Hall–Kier alpha value is -1.96. The van der Waals surface area contributed by atoms with Crippen LogP contribution in [0.4, 0.5) is 0 Å². The summed E-state index contributed by atoms with van der Waals surface area (Å²) in [5.74, 6) is 0.493. The zero-order chi connectivity index (χ0) is 15.5. The van der Waals surface area contributed by atoms with Gasteiger partial charge in [0.25, 0.3) is 0 Å². The maximum atomic E-state index is 4.96. The van der Waals surface area contributed by atoms with Crippen LogP contribution >= 0.6 is 0 Å². The Morgan fingerprint density at radius 2 is 1.26 bits per heavy atom. The summed E-state index contributed by atoms with van der Waals surface area (Å²) in [4.78, 5) is 0. The van der Waals surface area contributed by atoms with Crippen molar-refractivity contribution in [2.45, 2.75) is 50.1 Å². The Bertz CT molecular complexity index is 623. The van der Waals surface area contributed by atoms with Crippen molar-refractivity contribution in [3.8, 4) is 0 Å². The second-order valence-corrected chi connectivity index (χ2v) is 6.88. The molecule has 4 rings (SSSR count). The third-order valence-corrected chi connectivity index (χ3v) is 5.56. The molecule has 1 heterocycles. The average molecular weight is 304 g/mol. The predicted molar refractivity (Wildman–Crippen MR) is 93.5 cm³/mol. The lowest BCUT2D eigenvalue weighted by molar-refractivity contribution is 0.275. The van der Waals surface area contributed by atoms with Crippen LogP contribution in [0, 0.1) is 5.92 Å². The quantitative estimate of drug-likeness (QED) is 0.676. The molecule has 1 saturated carbocycles. The number of rotatable bonds is 2. The van der Waals surface area contributed by atoms with Crippen molar-refractivity contribution >= 4 is 0 Å². The predicted octanol–water partition coefficient (Wildman–Crippen LogP) is 5.74. The van der Waals surface area contributed by atoms with Crippen molar-refractivity contribution in [3.05, 3.63) is 71.8 Å². The minimum atomic E-state index is -0.287. The largest absolute Gasteiger partial charge is 0.189 e. The lowest BCUT2D eigenvalue weighted by Crippen LogP contribution is -2.37. The molecule has 0 radical (unpaired) electrons. The van der Waals surface area contributed by atoms with Crippen molar-refractivity contribution in [3.63, 3.8) is 0 Å². The van der Waals surface area contributed by atoms with Crippen molar-refractivity contribution in [2.75, 3.05) is 0 Å². The number of azo groups is 1. The van der Waals surface area contributed by atoms with E-state index in [0.29, 0.717) is 12.0 Å². The van der Waals surface area contributed by atoms with Gasteiger partial charge < -0.3 is 0 Å². The summed E-state index contributed by atoms with van der Waals surface area (Å²) in [7, 11) is 0. The van der Waals surface area contributed by atoms with Gasteiger partial charge in [0.2, 0.25) is 0 Å². The van der Waals surface area contributed by atoms with E-state index in [1.54, 1.807) is 0 Å². The van der Waals surface area contributed by atoms with Crippen molar-refractivity contribution in [1.29, 1.82) is 0 Å². The van der Waals surface area contributed by atoms with Crippen molar-refractivity contribution in [2.24, 2.45) is 16.1 Å². The first-order valence-electron chi connectivity index (χ1n) is 8.94. The Labute approximate surface area is 138 Å². The van der Waals surface area contributed by atoms with E-state index in [2.05, 4.69) is 60.7 Å². The molecule has 2 nitrogen and oxygen atoms in total. The first-order chi connectivity index (χ1) is 11.4.